The second kappa shape index (κ2) is 8.83. The molecule has 3 rings (SSSR count). The zero-order valence-electron chi connectivity index (χ0n) is 16.4. The lowest BCUT2D eigenvalue weighted by molar-refractivity contribution is -0.115. The van der Waals surface area contributed by atoms with Crippen molar-refractivity contribution in [3.63, 3.8) is 0 Å². The van der Waals surface area contributed by atoms with E-state index in [4.69, 9.17) is 0 Å². The minimum Gasteiger partial charge on any atom is -0.340 e. The molecule has 8 nitrogen and oxygen atoms in total. The molecule has 3 aromatic rings. The summed E-state index contributed by atoms with van der Waals surface area (Å²) in [6.07, 6.45) is 0. The molecule has 0 radical (unpaired) electrons. The smallest absolute Gasteiger partial charge is 0.221 e. The average Bonchev–Trinajstić information content (AvgIpc) is 2.60. The Morgan fingerprint density at radius 1 is 0.690 bits per heavy atom. The van der Waals surface area contributed by atoms with Gasteiger partial charge in [0.25, 0.3) is 0 Å². The third-order valence-electron chi connectivity index (χ3n) is 3.75. The molecule has 148 valence electrons. The van der Waals surface area contributed by atoms with Gasteiger partial charge in [-0.05, 0) is 43.3 Å². The van der Waals surface area contributed by atoms with E-state index in [1.807, 2.05) is 48.5 Å². The zero-order chi connectivity index (χ0) is 20.8. The number of nitrogens with zero attached hydrogens (tertiary/aromatic N) is 2. The summed E-state index contributed by atoms with van der Waals surface area (Å²) in [6.45, 7) is 4.73. The first-order valence-electron chi connectivity index (χ1n) is 9.02. The van der Waals surface area contributed by atoms with Crippen LogP contribution in [-0.2, 0) is 9.59 Å². The number of carbonyl (C=O) groups is 2. The molecule has 2 amide bonds. The van der Waals surface area contributed by atoms with Gasteiger partial charge >= 0.3 is 0 Å². The molecule has 0 aliphatic rings. The first-order valence-corrected chi connectivity index (χ1v) is 9.02. The average molecular weight is 390 g/mol. The van der Waals surface area contributed by atoms with Crippen molar-refractivity contribution in [1.29, 1.82) is 0 Å². The van der Waals surface area contributed by atoms with E-state index in [2.05, 4.69) is 31.2 Å². The summed E-state index contributed by atoms with van der Waals surface area (Å²) in [5.74, 6) is 1.55. The van der Waals surface area contributed by atoms with E-state index >= 15 is 0 Å². The second-order valence-electron chi connectivity index (χ2n) is 6.46. The number of anilines is 6. The number of carbonyl (C=O) groups excluding carboxylic acids is 2. The third kappa shape index (κ3) is 6.03. The van der Waals surface area contributed by atoms with Crippen LogP contribution in [0.25, 0.3) is 0 Å². The second-order valence-corrected chi connectivity index (χ2v) is 6.46. The first-order chi connectivity index (χ1) is 13.9. The van der Waals surface area contributed by atoms with Crippen molar-refractivity contribution in [2.75, 3.05) is 21.3 Å². The van der Waals surface area contributed by atoms with E-state index in [1.165, 1.54) is 13.8 Å². The highest BCUT2D eigenvalue weighted by molar-refractivity contribution is 5.90. The number of aryl methyl sites for hydroxylation is 1. The lowest BCUT2D eigenvalue weighted by Crippen LogP contribution is -2.06. The van der Waals surface area contributed by atoms with Crippen LogP contribution < -0.4 is 21.3 Å². The van der Waals surface area contributed by atoms with Crippen LogP contribution in [0.5, 0.6) is 0 Å². The summed E-state index contributed by atoms with van der Waals surface area (Å²) in [6, 6.07) is 16.5. The predicted octanol–water partition coefficient (Wildman–Crippen LogP) is 4.19. The van der Waals surface area contributed by atoms with Crippen LogP contribution in [0.3, 0.4) is 0 Å². The molecule has 1 heterocycles. The monoisotopic (exact) mass is 390 g/mol. The SMILES string of the molecule is CC(=O)Nc1cccc(Nc2cc(Nc3cccc(NC(C)=O)c3)nc(C)n2)c1. The van der Waals surface area contributed by atoms with Gasteiger partial charge < -0.3 is 21.3 Å². The van der Waals surface area contributed by atoms with E-state index in [1.54, 1.807) is 13.0 Å². The maximum Gasteiger partial charge on any atom is 0.221 e. The van der Waals surface area contributed by atoms with Crippen LogP contribution in [-0.4, -0.2) is 21.8 Å². The Balaban J connectivity index is 1.78. The fourth-order valence-corrected chi connectivity index (χ4v) is 2.75. The molecule has 4 N–H and O–H groups in total. The number of nitrogens with one attached hydrogen (secondary N) is 4. The molecular weight excluding hydrogens is 368 g/mol. The largest absolute Gasteiger partial charge is 0.340 e. The zero-order valence-corrected chi connectivity index (χ0v) is 16.4. The van der Waals surface area contributed by atoms with Gasteiger partial charge in [-0.1, -0.05) is 12.1 Å². The molecule has 0 fully saturated rings. The standard InChI is InChI=1S/C21H22N6O2/c1-13-22-20(26-18-8-4-6-16(10-18)24-14(2)28)12-21(23-13)27-19-9-5-7-17(11-19)25-15(3)29/h4-12H,1-3H3,(H,24,28)(H,25,29)(H2,22,23,26,27). The van der Waals surface area contributed by atoms with Gasteiger partial charge in [-0.25, -0.2) is 9.97 Å². The maximum absolute atomic E-state index is 11.2. The molecule has 0 unspecified atom stereocenters. The summed E-state index contributed by atoms with van der Waals surface area (Å²) >= 11 is 0. The minimum absolute atomic E-state index is 0.131. The quantitative estimate of drug-likeness (QED) is 0.503. The van der Waals surface area contributed by atoms with Gasteiger partial charge in [0.05, 0.1) is 0 Å². The Labute approximate surface area is 168 Å². The fraction of sp³-hybridized carbons (Fsp3) is 0.143. The van der Waals surface area contributed by atoms with Crippen molar-refractivity contribution in [2.45, 2.75) is 20.8 Å². The predicted molar refractivity (Wildman–Crippen MR) is 115 cm³/mol. The van der Waals surface area contributed by atoms with E-state index in [-0.39, 0.29) is 11.8 Å². The molecule has 8 heteroatoms. The normalized spacial score (nSPS) is 10.2. The van der Waals surface area contributed by atoms with Gasteiger partial charge in [-0.3, -0.25) is 9.59 Å². The van der Waals surface area contributed by atoms with E-state index in [0.29, 0.717) is 28.8 Å². The highest BCUT2D eigenvalue weighted by Crippen LogP contribution is 2.23. The fourth-order valence-electron chi connectivity index (χ4n) is 2.75. The van der Waals surface area contributed by atoms with Gasteiger partial charge in [-0.2, -0.15) is 0 Å². The van der Waals surface area contributed by atoms with Crippen LogP contribution in [0.15, 0.2) is 54.6 Å². The molecule has 0 spiro atoms. The molecule has 0 saturated heterocycles. The molecule has 1 aromatic heterocycles. The van der Waals surface area contributed by atoms with Gasteiger partial charge in [-0.15, -0.1) is 0 Å². The van der Waals surface area contributed by atoms with E-state index < -0.39 is 0 Å². The maximum atomic E-state index is 11.2. The molecule has 0 saturated carbocycles. The van der Waals surface area contributed by atoms with Crippen molar-refractivity contribution in [3.05, 3.63) is 60.4 Å². The molecule has 0 bridgehead atoms. The van der Waals surface area contributed by atoms with Crippen molar-refractivity contribution in [3.8, 4) is 0 Å². The van der Waals surface area contributed by atoms with Crippen LogP contribution in [0.1, 0.15) is 19.7 Å². The molecule has 2 aromatic carbocycles. The van der Waals surface area contributed by atoms with Crippen molar-refractivity contribution < 1.29 is 9.59 Å². The van der Waals surface area contributed by atoms with Crippen LogP contribution in [0, 0.1) is 6.92 Å². The van der Waals surface area contributed by atoms with Crippen LogP contribution in [0.2, 0.25) is 0 Å². The summed E-state index contributed by atoms with van der Waals surface area (Å²) in [7, 11) is 0. The topological polar surface area (TPSA) is 108 Å². The van der Waals surface area contributed by atoms with Crippen LogP contribution >= 0.6 is 0 Å². The van der Waals surface area contributed by atoms with Crippen molar-refractivity contribution in [1.82, 2.24) is 9.97 Å². The Morgan fingerprint density at radius 3 is 1.52 bits per heavy atom. The number of benzene rings is 2. The molecule has 0 atom stereocenters. The van der Waals surface area contributed by atoms with Gasteiger partial charge in [0.15, 0.2) is 0 Å². The Hall–Kier alpha value is -3.94. The van der Waals surface area contributed by atoms with E-state index in [0.717, 1.165) is 11.4 Å². The summed E-state index contributed by atoms with van der Waals surface area (Å²) < 4.78 is 0. The van der Waals surface area contributed by atoms with Crippen molar-refractivity contribution in [2.24, 2.45) is 0 Å². The lowest BCUT2D eigenvalue weighted by atomic mass is 10.2. The molecule has 29 heavy (non-hydrogen) atoms. The summed E-state index contributed by atoms with van der Waals surface area (Å²) in [4.78, 5) is 31.3. The van der Waals surface area contributed by atoms with Gasteiger partial charge in [0, 0.05) is 42.7 Å². The Kier molecular flexibility index (Phi) is 6.03. The van der Waals surface area contributed by atoms with Crippen molar-refractivity contribution >= 4 is 46.2 Å². The number of amides is 2. The van der Waals surface area contributed by atoms with Gasteiger partial charge in [0.2, 0.25) is 11.8 Å². The summed E-state index contributed by atoms with van der Waals surface area (Å²) in [5.41, 5.74) is 2.96. The number of hydrogen-bond donors (Lipinski definition) is 4. The highest BCUT2D eigenvalue weighted by atomic mass is 16.2. The summed E-state index contributed by atoms with van der Waals surface area (Å²) in [5, 5.41) is 11.9. The Morgan fingerprint density at radius 2 is 1.10 bits per heavy atom. The third-order valence-corrected chi connectivity index (χ3v) is 3.75. The molecular formula is C21H22N6O2. The number of rotatable bonds is 6. The minimum atomic E-state index is -0.131. The Bertz CT molecular complexity index is 971. The lowest BCUT2D eigenvalue weighted by Gasteiger charge is -2.12. The number of aromatic nitrogens is 2. The molecule has 0 aliphatic heterocycles. The molecule has 0 aliphatic carbocycles. The van der Waals surface area contributed by atoms with E-state index in [9.17, 15) is 9.59 Å². The van der Waals surface area contributed by atoms with Gasteiger partial charge in [0.1, 0.15) is 17.5 Å². The number of hydrogen-bond acceptors (Lipinski definition) is 6. The first kappa shape index (κ1) is 19.8. The highest BCUT2D eigenvalue weighted by Gasteiger charge is 2.05. The van der Waals surface area contributed by atoms with Crippen LogP contribution in [0.4, 0.5) is 34.4 Å².